The minimum Gasteiger partial charge on any atom is -0.341 e. The number of hydrogen-bond acceptors (Lipinski definition) is 3. The number of imide groups is 1. The standard InChI is InChI=1S/C25H28FN3O3/c1-2-25(20-8-10-21(26)11-9-20)23(31)29(24(32)27-25)17-22(30)28-14-12-19(13-15-28)16-18-6-4-3-5-7-18/h3-11,19H,2,12-17H2,1H3,(H,27,32). The van der Waals surface area contributed by atoms with Crippen molar-refractivity contribution in [3.63, 3.8) is 0 Å². The van der Waals surface area contributed by atoms with Gasteiger partial charge in [0.1, 0.15) is 17.9 Å². The molecular formula is C25H28FN3O3. The van der Waals surface area contributed by atoms with Crippen LogP contribution in [0.2, 0.25) is 0 Å². The molecule has 168 valence electrons. The summed E-state index contributed by atoms with van der Waals surface area (Å²) >= 11 is 0. The van der Waals surface area contributed by atoms with Gasteiger partial charge in [0.05, 0.1) is 0 Å². The maximum absolute atomic E-state index is 13.3. The molecule has 2 aromatic rings. The minimum atomic E-state index is -1.27. The van der Waals surface area contributed by atoms with Crippen LogP contribution < -0.4 is 5.32 Å². The van der Waals surface area contributed by atoms with E-state index in [1.54, 1.807) is 11.8 Å². The number of piperidine rings is 1. The van der Waals surface area contributed by atoms with E-state index in [0.717, 1.165) is 24.2 Å². The maximum Gasteiger partial charge on any atom is 0.325 e. The smallest absolute Gasteiger partial charge is 0.325 e. The molecule has 2 aromatic carbocycles. The Kier molecular flexibility index (Phi) is 6.26. The van der Waals surface area contributed by atoms with Gasteiger partial charge in [-0.2, -0.15) is 0 Å². The molecular weight excluding hydrogens is 409 g/mol. The van der Waals surface area contributed by atoms with Crippen LogP contribution in [0.25, 0.3) is 0 Å². The first-order valence-electron chi connectivity index (χ1n) is 11.1. The number of halogens is 1. The monoisotopic (exact) mass is 437 g/mol. The van der Waals surface area contributed by atoms with Crippen molar-refractivity contribution in [1.82, 2.24) is 15.1 Å². The highest BCUT2D eigenvalue weighted by atomic mass is 19.1. The van der Waals surface area contributed by atoms with Crippen LogP contribution in [0.4, 0.5) is 9.18 Å². The molecule has 32 heavy (non-hydrogen) atoms. The quantitative estimate of drug-likeness (QED) is 0.704. The number of rotatable bonds is 6. The Hall–Kier alpha value is -3.22. The average Bonchev–Trinajstić information content (AvgIpc) is 3.06. The zero-order valence-corrected chi connectivity index (χ0v) is 18.2. The number of hydrogen-bond donors (Lipinski definition) is 1. The molecule has 4 rings (SSSR count). The van der Waals surface area contributed by atoms with Gasteiger partial charge in [-0.15, -0.1) is 0 Å². The maximum atomic E-state index is 13.3. The fourth-order valence-corrected chi connectivity index (χ4v) is 4.71. The second-order valence-corrected chi connectivity index (χ2v) is 8.60. The molecule has 2 saturated heterocycles. The predicted molar refractivity (Wildman–Crippen MR) is 118 cm³/mol. The highest BCUT2D eigenvalue weighted by Crippen LogP contribution is 2.32. The van der Waals surface area contributed by atoms with Crippen LogP contribution in [0.1, 0.15) is 37.3 Å². The Labute approximate surface area is 187 Å². The van der Waals surface area contributed by atoms with Gasteiger partial charge in [-0.1, -0.05) is 49.4 Å². The molecule has 2 aliphatic heterocycles. The zero-order chi connectivity index (χ0) is 22.7. The van der Waals surface area contributed by atoms with Gasteiger partial charge in [-0.05, 0) is 54.9 Å². The third-order valence-electron chi connectivity index (χ3n) is 6.67. The second-order valence-electron chi connectivity index (χ2n) is 8.60. The Bertz CT molecular complexity index is 987. The molecule has 0 radical (unpaired) electrons. The van der Waals surface area contributed by atoms with Gasteiger partial charge in [0, 0.05) is 13.1 Å². The number of carbonyl (C=O) groups excluding carboxylic acids is 3. The largest absolute Gasteiger partial charge is 0.341 e. The van der Waals surface area contributed by atoms with Crippen molar-refractivity contribution >= 4 is 17.8 Å². The van der Waals surface area contributed by atoms with Crippen molar-refractivity contribution in [3.05, 3.63) is 71.5 Å². The summed E-state index contributed by atoms with van der Waals surface area (Å²) in [6, 6.07) is 15.3. The molecule has 1 N–H and O–H groups in total. The fraction of sp³-hybridized carbons (Fsp3) is 0.400. The normalized spacial score (nSPS) is 21.7. The highest BCUT2D eigenvalue weighted by Gasteiger charge is 2.51. The number of benzene rings is 2. The SMILES string of the molecule is CCC1(c2ccc(F)cc2)NC(=O)N(CC(=O)N2CCC(Cc3ccccc3)CC2)C1=O. The lowest BCUT2D eigenvalue weighted by molar-refractivity contribution is -0.140. The van der Waals surface area contributed by atoms with Crippen molar-refractivity contribution in [2.24, 2.45) is 5.92 Å². The average molecular weight is 438 g/mol. The summed E-state index contributed by atoms with van der Waals surface area (Å²) in [5, 5.41) is 2.74. The van der Waals surface area contributed by atoms with Crippen LogP contribution in [-0.4, -0.2) is 47.3 Å². The lowest BCUT2D eigenvalue weighted by atomic mass is 9.87. The van der Waals surface area contributed by atoms with Crippen LogP contribution in [0.5, 0.6) is 0 Å². The van der Waals surface area contributed by atoms with E-state index in [2.05, 4.69) is 17.4 Å². The van der Waals surface area contributed by atoms with Gasteiger partial charge in [0.15, 0.2) is 0 Å². The van der Waals surface area contributed by atoms with E-state index in [-0.39, 0.29) is 12.5 Å². The number of nitrogens with one attached hydrogen (secondary N) is 1. The molecule has 1 atom stereocenters. The molecule has 7 heteroatoms. The van der Waals surface area contributed by atoms with Crippen LogP contribution in [-0.2, 0) is 21.5 Å². The summed E-state index contributed by atoms with van der Waals surface area (Å²) < 4.78 is 13.3. The summed E-state index contributed by atoms with van der Waals surface area (Å²) in [7, 11) is 0. The van der Waals surface area contributed by atoms with Crippen LogP contribution in [0.15, 0.2) is 54.6 Å². The van der Waals surface area contributed by atoms with E-state index in [9.17, 15) is 18.8 Å². The first kappa shape index (κ1) is 22.0. The molecule has 6 nitrogen and oxygen atoms in total. The highest BCUT2D eigenvalue weighted by molar-refractivity contribution is 6.09. The molecule has 4 amide bonds. The number of amides is 4. The van der Waals surface area contributed by atoms with Gasteiger partial charge in [-0.25, -0.2) is 9.18 Å². The van der Waals surface area contributed by atoms with E-state index in [4.69, 9.17) is 0 Å². The van der Waals surface area contributed by atoms with E-state index < -0.39 is 23.3 Å². The second kappa shape index (κ2) is 9.10. The Balaban J connectivity index is 1.37. The van der Waals surface area contributed by atoms with Gasteiger partial charge in [0.2, 0.25) is 5.91 Å². The first-order valence-corrected chi connectivity index (χ1v) is 11.1. The number of likely N-dealkylation sites (tertiary alicyclic amines) is 1. The molecule has 0 spiro atoms. The number of nitrogens with zero attached hydrogens (tertiary/aromatic N) is 2. The van der Waals surface area contributed by atoms with Crippen molar-refractivity contribution in [2.45, 2.75) is 38.1 Å². The van der Waals surface area contributed by atoms with E-state index in [0.29, 0.717) is 31.0 Å². The molecule has 0 aromatic heterocycles. The molecule has 2 aliphatic rings. The third kappa shape index (κ3) is 4.24. The predicted octanol–water partition coefficient (Wildman–Crippen LogP) is 3.46. The Morgan fingerprint density at radius 2 is 1.72 bits per heavy atom. The van der Waals surface area contributed by atoms with Gasteiger partial charge >= 0.3 is 6.03 Å². The number of urea groups is 1. The van der Waals surface area contributed by atoms with Crippen LogP contribution in [0, 0.1) is 11.7 Å². The third-order valence-corrected chi connectivity index (χ3v) is 6.67. The van der Waals surface area contributed by atoms with Crippen LogP contribution in [0.3, 0.4) is 0 Å². The molecule has 2 fully saturated rings. The molecule has 0 saturated carbocycles. The lowest BCUT2D eigenvalue weighted by Crippen LogP contribution is -2.47. The number of carbonyl (C=O) groups is 3. The van der Waals surface area contributed by atoms with E-state index in [1.807, 2.05) is 18.2 Å². The molecule has 2 heterocycles. The first-order chi connectivity index (χ1) is 15.4. The van der Waals surface area contributed by atoms with Crippen molar-refractivity contribution in [3.8, 4) is 0 Å². The van der Waals surface area contributed by atoms with Gasteiger partial charge < -0.3 is 10.2 Å². The zero-order valence-electron chi connectivity index (χ0n) is 18.2. The molecule has 0 bridgehead atoms. The van der Waals surface area contributed by atoms with Crippen molar-refractivity contribution < 1.29 is 18.8 Å². The van der Waals surface area contributed by atoms with Crippen molar-refractivity contribution in [2.75, 3.05) is 19.6 Å². The minimum absolute atomic E-state index is 0.224. The lowest BCUT2D eigenvalue weighted by Gasteiger charge is -2.33. The van der Waals surface area contributed by atoms with Gasteiger partial charge in [0.25, 0.3) is 5.91 Å². The topological polar surface area (TPSA) is 69.7 Å². The summed E-state index contributed by atoms with van der Waals surface area (Å²) in [6.45, 7) is 2.75. The Morgan fingerprint density at radius 1 is 1.06 bits per heavy atom. The fourth-order valence-electron chi connectivity index (χ4n) is 4.71. The molecule has 0 aliphatic carbocycles. The van der Waals surface area contributed by atoms with E-state index >= 15 is 0 Å². The summed E-state index contributed by atoms with van der Waals surface area (Å²) in [5.74, 6) is -0.592. The molecule has 1 unspecified atom stereocenters. The van der Waals surface area contributed by atoms with Gasteiger partial charge in [-0.3, -0.25) is 14.5 Å². The van der Waals surface area contributed by atoms with Crippen LogP contribution >= 0.6 is 0 Å². The van der Waals surface area contributed by atoms with E-state index in [1.165, 1.54) is 29.8 Å². The van der Waals surface area contributed by atoms with Crippen molar-refractivity contribution in [1.29, 1.82) is 0 Å². The summed E-state index contributed by atoms with van der Waals surface area (Å²) in [6.07, 6.45) is 3.09. The summed E-state index contributed by atoms with van der Waals surface area (Å²) in [4.78, 5) is 41.5. The summed E-state index contributed by atoms with van der Waals surface area (Å²) in [5.41, 5.74) is 0.540. The Morgan fingerprint density at radius 3 is 2.34 bits per heavy atom.